The van der Waals surface area contributed by atoms with E-state index in [4.69, 9.17) is 18.6 Å². The Kier molecular flexibility index (Phi) is 7.56. The number of rotatable bonds is 10. The maximum atomic E-state index is 12.5. The second kappa shape index (κ2) is 11.5. The van der Waals surface area contributed by atoms with Crippen LogP contribution in [0, 0.1) is 11.8 Å². The third-order valence-corrected chi connectivity index (χ3v) is 8.02. The number of carbonyl (C=O) groups excluding carboxylic acids is 1. The monoisotopic (exact) mass is 598 g/mol. The van der Waals surface area contributed by atoms with E-state index in [1.165, 1.54) is 24.1 Å². The number of fused-ring (bicyclic) bond motifs is 3. The zero-order valence-electron chi connectivity index (χ0n) is 24.2. The molecule has 2 N–H and O–H groups in total. The van der Waals surface area contributed by atoms with Crippen molar-refractivity contribution in [2.24, 2.45) is 11.8 Å². The number of carboxylic acids is 1. The van der Waals surface area contributed by atoms with E-state index >= 15 is 0 Å². The fourth-order valence-corrected chi connectivity index (χ4v) is 5.89. The predicted octanol–water partition coefficient (Wildman–Crippen LogP) is 4.01. The van der Waals surface area contributed by atoms with Gasteiger partial charge in [-0.2, -0.15) is 0 Å². The van der Waals surface area contributed by atoms with E-state index in [-0.39, 0.29) is 42.2 Å². The van der Waals surface area contributed by atoms with Gasteiger partial charge in [-0.1, -0.05) is 19.1 Å². The number of benzene rings is 3. The Hall–Kier alpha value is -5.16. The number of amides is 1. The number of allylic oxidation sites excluding steroid dienone is 1. The third-order valence-electron chi connectivity index (χ3n) is 8.02. The van der Waals surface area contributed by atoms with Crippen molar-refractivity contribution < 1.29 is 38.4 Å². The van der Waals surface area contributed by atoms with Crippen LogP contribution < -0.4 is 19.6 Å². The summed E-state index contributed by atoms with van der Waals surface area (Å²) in [6.07, 6.45) is 2.50. The first-order valence-electron chi connectivity index (χ1n) is 14.1. The number of β-lactam (4-membered cyclic amide) rings is 1. The van der Waals surface area contributed by atoms with Gasteiger partial charge in [-0.05, 0) is 60.5 Å². The highest BCUT2D eigenvalue weighted by molar-refractivity contribution is 6.00. The summed E-state index contributed by atoms with van der Waals surface area (Å²) >= 11 is 0. The fourth-order valence-electron chi connectivity index (χ4n) is 5.89. The molecule has 0 bridgehead atoms. The number of methoxy groups -OCH3 is 1. The molecule has 0 aromatic heterocycles. The number of hydrogen-bond acceptors (Lipinski definition) is 9. The van der Waals surface area contributed by atoms with Gasteiger partial charge in [0.05, 0.1) is 25.2 Å². The van der Waals surface area contributed by atoms with Gasteiger partial charge in [-0.3, -0.25) is 9.59 Å². The van der Waals surface area contributed by atoms with Crippen molar-refractivity contribution >= 4 is 23.0 Å². The quantitative estimate of drug-likeness (QED) is 0.203. The highest BCUT2D eigenvalue weighted by atomic mass is 16.5. The molecular formula is C33H30N2O9. The number of nitrogens with zero attached hydrogens (tertiary/aromatic N) is 2. The van der Waals surface area contributed by atoms with Gasteiger partial charge in [0.2, 0.25) is 5.91 Å². The third kappa shape index (κ3) is 5.15. The smallest absolute Gasteiger partial charge is 0.352 e. The molecule has 1 aliphatic carbocycles. The van der Waals surface area contributed by atoms with Crippen molar-refractivity contribution in [2.75, 3.05) is 13.7 Å². The molecule has 6 rings (SSSR count). The van der Waals surface area contributed by atoms with Crippen LogP contribution in [0.1, 0.15) is 19.4 Å². The van der Waals surface area contributed by atoms with Crippen LogP contribution in [0.5, 0.6) is 17.2 Å². The van der Waals surface area contributed by atoms with Crippen molar-refractivity contribution in [3.8, 4) is 28.7 Å². The van der Waals surface area contributed by atoms with E-state index in [0.717, 1.165) is 5.56 Å². The Morgan fingerprint density at radius 3 is 2.66 bits per heavy atom. The van der Waals surface area contributed by atoms with Crippen LogP contribution in [-0.2, 0) is 16.2 Å². The van der Waals surface area contributed by atoms with Crippen molar-refractivity contribution in [1.82, 2.24) is 9.88 Å². The summed E-state index contributed by atoms with van der Waals surface area (Å²) in [6, 6.07) is 14.8. The van der Waals surface area contributed by atoms with Crippen molar-refractivity contribution in [3.63, 3.8) is 0 Å². The number of aromatic nitrogens is 1. The number of carboxylic acid groups (broad SMARTS) is 1. The Balaban J connectivity index is 1.11. The maximum absolute atomic E-state index is 12.5. The van der Waals surface area contributed by atoms with E-state index in [0.29, 0.717) is 45.4 Å². The van der Waals surface area contributed by atoms with E-state index in [1.807, 2.05) is 13.0 Å². The second-order valence-corrected chi connectivity index (χ2v) is 10.8. The number of hydrogen-bond donors (Lipinski definition) is 2. The minimum atomic E-state index is -1.18. The summed E-state index contributed by atoms with van der Waals surface area (Å²) in [5, 5.41) is 19.8. The lowest BCUT2D eigenvalue weighted by atomic mass is 9.78. The molecule has 44 heavy (non-hydrogen) atoms. The lowest BCUT2D eigenvalue weighted by molar-refractivity contribution is -0.163. The molecule has 226 valence electrons. The Bertz CT molecular complexity index is 1860. The highest BCUT2D eigenvalue weighted by Crippen LogP contribution is 2.47. The van der Waals surface area contributed by atoms with Crippen LogP contribution in [0.15, 0.2) is 87.2 Å². The minimum Gasteiger partial charge on any atom is -0.493 e. The van der Waals surface area contributed by atoms with Gasteiger partial charge < -0.3 is 33.7 Å². The van der Waals surface area contributed by atoms with Crippen LogP contribution >= 0.6 is 0 Å². The maximum Gasteiger partial charge on any atom is 0.352 e. The number of ether oxygens (including phenoxy) is 3. The number of aliphatic carboxylic acids is 1. The molecule has 1 saturated heterocycles. The van der Waals surface area contributed by atoms with E-state index < -0.39 is 18.0 Å². The molecule has 3 aliphatic heterocycles. The lowest BCUT2D eigenvalue weighted by Crippen LogP contribution is -2.63. The Labute approximate surface area is 251 Å². The molecule has 2 aromatic carbocycles. The highest BCUT2D eigenvalue weighted by Gasteiger charge is 2.59. The van der Waals surface area contributed by atoms with Gasteiger partial charge in [-0.25, -0.2) is 9.78 Å². The molecule has 0 spiro atoms. The van der Waals surface area contributed by atoms with Gasteiger partial charge in [0.1, 0.15) is 35.9 Å². The standard InChI is InChI=1S/C33H30N2O9/c1-17-22(31(33(39)40)35-30(17)29(18(2)36)32(35)38)5-4-12-42-25-11-6-19(13-28(25)41-3)16-43-21-8-10-24-27(15-21)44-26-14-20(37)7-9-23(26)34-24/h4-11,13-15,17-18,29-30,36H,12,16H2,1-3H3,(H,39,40)/b5-4+/t17-,18+,29+,30+/m0/s1. The van der Waals surface area contributed by atoms with Gasteiger partial charge in [0, 0.05) is 18.1 Å². The number of aliphatic hydroxyl groups is 1. The summed E-state index contributed by atoms with van der Waals surface area (Å²) < 4.78 is 23.2. The molecular weight excluding hydrogens is 568 g/mol. The fraction of sp³-hybridized carbons (Fsp3) is 0.273. The first-order valence-corrected chi connectivity index (χ1v) is 14.1. The van der Waals surface area contributed by atoms with Crippen LogP contribution in [0.3, 0.4) is 0 Å². The molecule has 3 heterocycles. The molecule has 0 unspecified atom stereocenters. The molecule has 11 heteroatoms. The van der Waals surface area contributed by atoms with Crippen LogP contribution in [0.4, 0.5) is 0 Å². The zero-order valence-corrected chi connectivity index (χ0v) is 24.2. The van der Waals surface area contributed by atoms with Crippen LogP contribution in [0.2, 0.25) is 0 Å². The predicted molar refractivity (Wildman–Crippen MR) is 158 cm³/mol. The van der Waals surface area contributed by atoms with Crippen molar-refractivity contribution in [1.29, 1.82) is 0 Å². The average Bonchev–Trinajstić information content (AvgIpc) is 3.24. The van der Waals surface area contributed by atoms with E-state index in [9.17, 15) is 24.6 Å². The number of aliphatic hydroxyl groups excluding tert-OH is 1. The first-order chi connectivity index (χ1) is 21.2. The van der Waals surface area contributed by atoms with Crippen LogP contribution in [-0.4, -0.2) is 57.8 Å². The molecule has 4 atom stereocenters. The summed E-state index contributed by atoms with van der Waals surface area (Å²) in [5.74, 6) is -0.476. The average molecular weight is 599 g/mol. The van der Waals surface area contributed by atoms with Gasteiger partial charge >= 0.3 is 5.97 Å². The summed E-state index contributed by atoms with van der Waals surface area (Å²) in [6.45, 7) is 3.77. The molecule has 0 radical (unpaired) electrons. The van der Waals surface area contributed by atoms with Crippen molar-refractivity contribution in [2.45, 2.75) is 32.6 Å². The van der Waals surface area contributed by atoms with Gasteiger partial charge in [-0.15, -0.1) is 0 Å². The SMILES string of the molecule is COc1cc(COc2ccc3nc4ccc(=O)cc-4oc3c2)ccc1OC/C=C/C1=C(C(=O)O)N2C(=O)[C@H]([C@@H](C)O)[C@H]2[C@H]1C. The molecule has 1 amide bonds. The Morgan fingerprint density at radius 1 is 1.09 bits per heavy atom. The van der Waals surface area contributed by atoms with Crippen molar-refractivity contribution in [3.05, 3.63) is 93.8 Å². The van der Waals surface area contributed by atoms with Gasteiger partial charge in [0.25, 0.3) is 0 Å². The number of carbonyl (C=O) groups is 2. The molecule has 11 nitrogen and oxygen atoms in total. The summed E-state index contributed by atoms with van der Waals surface area (Å²) in [5.41, 5.74) is 2.86. The van der Waals surface area contributed by atoms with E-state index in [1.54, 1.807) is 55.5 Å². The van der Waals surface area contributed by atoms with Gasteiger partial charge in [0.15, 0.2) is 28.3 Å². The van der Waals surface area contributed by atoms with E-state index in [2.05, 4.69) is 4.98 Å². The second-order valence-electron chi connectivity index (χ2n) is 10.8. The van der Waals surface area contributed by atoms with Crippen LogP contribution in [0.25, 0.3) is 22.6 Å². The topological polar surface area (TPSA) is 149 Å². The first kappa shape index (κ1) is 28.9. The summed E-state index contributed by atoms with van der Waals surface area (Å²) in [7, 11) is 1.53. The minimum absolute atomic E-state index is 0.0520. The largest absolute Gasteiger partial charge is 0.493 e. The zero-order chi connectivity index (χ0) is 31.1. The molecule has 1 fully saturated rings. The molecule has 0 saturated carbocycles. The molecule has 4 aliphatic rings. The summed E-state index contributed by atoms with van der Waals surface area (Å²) in [4.78, 5) is 42.0. The Morgan fingerprint density at radius 2 is 1.91 bits per heavy atom. The normalized spacial score (nSPS) is 20.2. The molecule has 2 aromatic rings. The lowest BCUT2D eigenvalue weighted by Gasteiger charge is -2.46.